The number of anilines is 1. The predicted octanol–water partition coefficient (Wildman–Crippen LogP) is 3.31. The summed E-state index contributed by atoms with van der Waals surface area (Å²) in [5, 5.41) is 13.7. The Labute approximate surface area is 145 Å². The number of nitrogens with zero attached hydrogens (tertiary/aromatic N) is 2. The highest BCUT2D eigenvalue weighted by atomic mass is 32.2. The second kappa shape index (κ2) is 6.20. The first kappa shape index (κ1) is 15.1. The van der Waals surface area contributed by atoms with Gasteiger partial charge in [0.2, 0.25) is 0 Å². The molecule has 0 saturated carbocycles. The summed E-state index contributed by atoms with van der Waals surface area (Å²) < 4.78 is 0. The lowest BCUT2D eigenvalue weighted by molar-refractivity contribution is -0.127. The molecule has 0 saturated heterocycles. The molecule has 24 heavy (non-hydrogen) atoms. The largest absolute Gasteiger partial charge is 0.360 e. The molecule has 5 nitrogen and oxygen atoms in total. The zero-order chi connectivity index (χ0) is 16.5. The molecular weight excluding hydrogens is 320 g/mol. The van der Waals surface area contributed by atoms with Gasteiger partial charge in [-0.15, -0.1) is 5.10 Å². The molecule has 2 aromatic carbocycles. The van der Waals surface area contributed by atoms with Crippen LogP contribution in [0.4, 0.5) is 5.69 Å². The van der Waals surface area contributed by atoms with Gasteiger partial charge in [-0.2, -0.15) is 0 Å². The Morgan fingerprint density at radius 1 is 1.12 bits per heavy atom. The Balaban J connectivity index is 1.83. The van der Waals surface area contributed by atoms with Crippen molar-refractivity contribution >= 4 is 28.5 Å². The first-order valence-corrected chi connectivity index (χ1v) is 8.97. The minimum Gasteiger partial charge on any atom is -0.360 e. The molecule has 0 fully saturated rings. The van der Waals surface area contributed by atoms with Crippen molar-refractivity contribution in [3.63, 3.8) is 0 Å². The Morgan fingerprint density at radius 3 is 2.67 bits per heavy atom. The maximum absolute atomic E-state index is 12.8. The maximum Gasteiger partial charge on any atom is 0.255 e. The van der Waals surface area contributed by atoms with Gasteiger partial charge in [0, 0.05) is 11.3 Å². The topological polar surface area (TPSA) is 56.7 Å². The average Bonchev–Trinajstić information content (AvgIpc) is 2.62. The molecule has 2 atom stereocenters. The fraction of sp³-hybridized carbons (Fsp3) is 0.222. The van der Waals surface area contributed by atoms with Gasteiger partial charge in [0.15, 0.2) is 11.2 Å². The number of rotatable bonds is 2. The molecule has 0 radical (unpaired) electrons. The number of carbonyl (C=O) groups is 1. The fourth-order valence-electron chi connectivity index (χ4n) is 3.13. The van der Waals surface area contributed by atoms with E-state index in [4.69, 9.17) is 5.10 Å². The third kappa shape index (κ3) is 2.53. The van der Waals surface area contributed by atoms with Crippen LogP contribution in [0.15, 0.2) is 59.7 Å². The Morgan fingerprint density at radius 2 is 1.88 bits per heavy atom. The molecule has 4 rings (SSSR count). The van der Waals surface area contributed by atoms with E-state index in [0.717, 1.165) is 22.6 Å². The highest BCUT2D eigenvalue weighted by Gasteiger charge is 2.41. The van der Waals surface area contributed by atoms with Crippen LogP contribution in [0, 0.1) is 0 Å². The minimum absolute atomic E-state index is 0.0316. The predicted molar refractivity (Wildman–Crippen MR) is 97.5 cm³/mol. The van der Waals surface area contributed by atoms with Gasteiger partial charge in [0.05, 0.1) is 0 Å². The Hall–Kier alpha value is -2.47. The lowest BCUT2D eigenvalue weighted by Crippen LogP contribution is -2.50. The van der Waals surface area contributed by atoms with Crippen LogP contribution in [0.25, 0.3) is 0 Å². The number of hydrogen-bond acceptors (Lipinski definition) is 5. The third-order valence-corrected chi connectivity index (χ3v) is 4.90. The van der Waals surface area contributed by atoms with Crippen LogP contribution in [-0.2, 0) is 4.79 Å². The molecule has 2 N–H and O–H groups in total. The Kier molecular flexibility index (Phi) is 3.90. The highest BCUT2D eigenvalue weighted by molar-refractivity contribution is 8.13. The van der Waals surface area contributed by atoms with E-state index in [1.165, 1.54) is 11.8 Å². The number of nitrogens with one attached hydrogen (secondary N) is 2. The molecule has 0 bridgehead atoms. The van der Waals surface area contributed by atoms with Crippen LogP contribution in [-0.4, -0.2) is 21.8 Å². The number of para-hydroxylation sites is 1. The zero-order valence-corrected chi connectivity index (χ0v) is 14.1. The number of carbonyl (C=O) groups excluding carboxylic acids is 1. The fourth-order valence-corrected chi connectivity index (χ4v) is 3.72. The molecule has 6 heteroatoms. The van der Waals surface area contributed by atoms with Crippen LogP contribution in [0.1, 0.15) is 30.3 Å². The SMILES string of the molecule is CCSC1=NN2C(c3ccccc3)Nc3ccccc3C2C(=O)N1. The number of fused-ring (bicyclic) bond motifs is 3. The van der Waals surface area contributed by atoms with E-state index in [9.17, 15) is 4.79 Å². The first-order valence-electron chi connectivity index (χ1n) is 7.99. The van der Waals surface area contributed by atoms with Crippen molar-refractivity contribution in [1.29, 1.82) is 0 Å². The quantitative estimate of drug-likeness (QED) is 0.882. The van der Waals surface area contributed by atoms with E-state index in [1.54, 1.807) is 0 Å². The molecule has 1 amide bonds. The molecule has 2 unspecified atom stereocenters. The van der Waals surface area contributed by atoms with E-state index in [-0.39, 0.29) is 12.1 Å². The molecular formula is C18H18N4OS. The zero-order valence-electron chi connectivity index (χ0n) is 13.3. The van der Waals surface area contributed by atoms with Gasteiger partial charge in [-0.3, -0.25) is 9.80 Å². The second-order valence-corrected chi connectivity index (χ2v) is 6.91. The average molecular weight is 338 g/mol. The van der Waals surface area contributed by atoms with Gasteiger partial charge in [-0.25, -0.2) is 0 Å². The molecule has 122 valence electrons. The molecule has 0 spiro atoms. The van der Waals surface area contributed by atoms with E-state index in [2.05, 4.69) is 22.8 Å². The molecule has 2 aromatic rings. The van der Waals surface area contributed by atoms with Gasteiger partial charge in [0.25, 0.3) is 5.91 Å². The van der Waals surface area contributed by atoms with Crippen molar-refractivity contribution in [2.45, 2.75) is 19.1 Å². The van der Waals surface area contributed by atoms with Gasteiger partial charge < -0.3 is 10.6 Å². The number of benzene rings is 2. The lowest BCUT2D eigenvalue weighted by atomic mass is 9.97. The number of amides is 1. The molecule has 2 aliphatic rings. The van der Waals surface area contributed by atoms with Crippen molar-refractivity contribution in [3.05, 3.63) is 65.7 Å². The van der Waals surface area contributed by atoms with Crippen LogP contribution in [0.3, 0.4) is 0 Å². The maximum atomic E-state index is 12.8. The lowest BCUT2D eigenvalue weighted by Gasteiger charge is -2.43. The second-order valence-electron chi connectivity index (χ2n) is 5.65. The number of thioether (sulfide) groups is 1. The van der Waals surface area contributed by atoms with Crippen molar-refractivity contribution in [1.82, 2.24) is 10.3 Å². The summed E-state index contributed by atoms with van der Waals surface area (Å²) in [7, 11) is 0. The van der Waals surface area contributed by atoms with Crippen LogP contribution in [0.2, 0.25) is 0 Å². The van der Waals surface area contributed by atoms with Crippen molar-refractivity contribution in [2.24, 2.45) is 5.10 Å². The highest BCUT2D eigenvalue weighted by Crippen LogP contribution is 2.42. The van der Waals surface area contributed by atoms with Crippen LogP contribution < -0.4 is 10.6 Å². The molecule has 0 aromatic heterocycles. The number of amidine groups is 1. The summed E-state index contributed by atoms with van der Waals surface area (Å²) in [6.45, 7) is 2.05. The molecule has 0 aliphatic carbocycles. The van der Waals surface area contributed by atoms with Crippen molar-refractivity contribution in [3.8, 4) is 0 Å². The summed E-state index contributed by atoms with van der Waals surface area (Å²) in [4.78, 5) is 12.8. The number of hydrazone groups is 1. The minimum atomic E-state index is -0.422. The molecule has 2 heterocycles. The summed E-state index contributed by atoms with van der Waals surface area (Å²) in [5.74, 6) is 0.827. The monoisotopic (exact) mass is 338 g/mol. The van der Waals surface area contributed by atoms with Gasteiger partial charge in [-0.1, -0.05) is 67.2 Å². The summed E-state index contributed by atoms with van der Waals surface area (Å²) in [6, 6.07) is 17.6. The van der Waals surface area contributed by atoms with Crippen molar-refractivity contribution in [2.75, 3.05) is 11.1 Å². The van der Waals surface area contributed by atoms with E-state index >= 15 is 0 Å². The van der Waals surface area contributed by atoms with Gasteiger partial charge in [-0.05, 0) is 17.4 Å². The van der Waals surface area contributed by atoms with E-state index < -0.39 is 6.04 Å². The standard InChI is InChI=1S/C18H18N4OS/c1-2-24-18-20-17(23)15-13-10-6-7-11-14(13)19-16(22(15)21-18)12-8-4-3-5-9-12/h3-11,15-16,19H,2H2,1H3,(H,20,21,23). The Bertz CT molecular complexity index is 793. The molecule has 2 aliphatic heterocycles. The summed E-state index contributed by atoms with van der Waals surface area (Å²) in [5.41, 5.74) is 3.01. The normalized spacial score (nSPS) is 22.0. The van der Waals surface area contributed by atoms with E-state index in [0.29, 0.717) is 5.17 Å². The summed E-state index contributed by atoms with van der Waals surface area (Å²) >= 11 is 1.54. The van der Waals surface area contributed by atoms with Crippen molar-refractivity contribution < 1.29 is 4.79 Å². The van der Waals surface area contributed by atoms with Crippen LogP contribution in [0.5, 0.6) is 0 Å². The van der Waals surface area contributed by atoms with Gasteiger partial charge in [0.1, 0.15) is 6.17 Å². The third-order valence-electron chi connectivity index (χ3n) is 4.16. The van der Waals surface area contributed by atoms with Gasteiger partial charge >= 0.3 is 0 Å². The van der Waals surface area contributed by atoms with E-state index in [1.807, 2.05) is 54.4 Å². The number of hydrogen-bond donors (Lipinski definition) is 2. The first-order chi connectivity index (χ1) is 11.8. The smallest absolute Gasteiger partial charge is 0.255 e. The van der Waals surface area contributed by atoms with Crippen LogP contribution >= 0.6 is 11.8 Å². The summed E-state index contributed by atoms with van der Waals surface area (Å²) in [6.07, 6.45) is -0.176.